The first-order valence-corrected chi connectivity index (χ1v) is 6.64. The number of hydrogen-bond acceptors (Lipinski definition) is 2. The zero-order chi connectivity index (χ0) is 11.7. The Balaban J connectivity index is 1.94. The van der Waals surface area contributed by atoms with Crippen molar-refractivity contribution < 1.29 is 4.39 Å². The Morgan fingerprint density at radius 3 is 1.88 bits per heavy atom. The van der Waals surface area contributed by atoms with Gasteiger partial charge in [0.05, 0.1) is 11.4 Å². The predicted molar refractivity (Wildman–Crippen MR) is 69.3 cm³/mol. The molecular formula is C14H19FN2. The summed E-state index contributed by atoms with van der Waals surface area (Å²) in [6, 6.07) is 5.25. The van der Waals surface area contributed by atoms with Crippen LogP contribution in [0.25, 0.3) is 0 Å². The second kappa shape index (κ2) is 4.55. The highest BCUT2D eigenvalue weighted by Gasteiger charge is 2.21. The van der Waals surface area contributed by atoms with Crippen LogP contribution in [0.15, 0.2) is 18.2 Å². The van der Waals surface area contributed by atoms with Crippen molar-refractivity contribution in [1.29, 1.82) is 0 Å². The summed E-state index contributed by atoms with van der Waals surface area (Å²) in [5.41, 5.74) is 2.33. The standard InChI is InChI=1S/C14H19FN2/c15-12-5-6-13(16-7-1-2-8-16)14(11-12)17-9-3-4-10-17/h5-6,11H,1-4,7-10H2. The maximum Gasteiger partial charge on any atom is 0.125 e. The Kier molecular flexibility index (Phi) is 2.91. The molecule has 0 aromatic heterocycles. The molecule has 0 spiro atoms. The van der Waals surface area contributed by atoms with Crippen LogP contribution in [0.2, 0.25) is 0 Å². The molecule has 92 valence electrons. The van der Waals surface area contributed by atoms with Crippen molar-refractivity contribution in [1.82, 2.24) is 0 Å². The van der Waals surface area contributed by atoms with E-state index in [4.69, 9.17) is 0 Å². The van der Waals surface area contributed by atoms with Crippen LogP contribution >= 0.6 is 0 Å². The Morgan fingerprint density at radius 1 is 0.765 bits per heavy atom. The molecule has 2 heterocycles. The zero-order valence-corrected chi connectivity index (χ0v) is 10.2. The number of benzene rings is 1. The number of hydrogen-bond donors (Lipinski definition) is 0. The summed E-state index contributed by atoms with van der Waals surface area (Å²) < 4.78 is 13.4. The van der Waals surface area contributed by atoms with Crippen molar-refractivity contribution in [2.45, 2.75) is 25.7 Å². The molecule has 0 aliphatic carbocycles. The lowest BCUT2D eigenvalue weighted by molar-refractivity contribution is 0.627. The van der Waals surface area contributed by atoms with Crippen LogP contribution in [0, 0.1) is 5.82 Å². The van der Waals surface area contributed by atoms with Crippen molar-refractivity contribution in [3.8, 4) is 0 Å². The topological polar surface area (TPSA) is 6.48 Å². The first-order chi connectivity index (χ1) is 8.34. The van der Waals surface area contributed by atoms with Gasteiger partial charge in [0, 0.05) is 26.2 Å². The van der Waals surface area contributed by atoms with E-state index >= 15 is 0 Å². The van der Waals surface area contributed by atoms with E-state index in [0.29, 0.717) is 0 Å². The van der Waals surface area contributed by atoms with Gasteiger partial charge in [0.25, 0.3) is 0 Å². The summed E-state index contributed by atoms with van der Waals surface area (Å²) in [5.74, 6) is -0.116. The largest absolute Gasteiger partial charge is 0.370 e. The van der Waals surface area contributed by atoms with Gasteiger partial charge in [0.15, 0.2) is 0 Å². The van der Waals surface area contributed by atoms with Gasteiger partial charge in [0.1, 0.15) is 5.82 Å². The van der Waals surface area contributed by atoms with Crippen molar-refractivity contribution in [3.63, 3.8) is 0 Å². The molecule has 2 nitrogen and oxygen atoms in total. The fraction of sp³-hybridized carbons (Fsp3) is 0.571. The van der Waals surface area contributed by atoms with Crippen molar-refractivity contribution in [2.75, 3.05) is 36.0 Å². The molecular weight excluding hydrogens is 215 g/mol. The minimum Gasteiger partial charge on any atom is -0.370 e. The molecule has 3 heteroatoms. The van der Waals surface area contributed by atoms with Gasteiger partial charge in [-0.05, 0) is 43.9 Å². The molecule has 0 amide bonds. The molecule has 2 saturated heterocycles. The fourth-order valence-corrected chi connectivity index (χ4v) is 2.93. The van der Waals surface area contributed by atoms with E-state index in [1.807, 2.05) is 6.07 Å². The molecule has 2 aliphatic rings. The highest BCUT2D eigenvalue weighted by atomic mass is 19.1. The van der Waals surface area contributed by atoms with Crippen LogP contribution in [0.5, 0.6) is 0 Å². The van der Waals surface area contributed by atoms with E-state index in [-0.39, 0.29) is 5.82 Å². The minimum atomic E-state index is -0.116. The summed E-state index contributed by atoms with van der Waals surface area (Å²) >= 11 is 0. The zero-order valence-electron chi connectivity index (χ0n) is 10.2. The highest BCUT2D eigenvalue weighted by Crippen LogP contribution is 2.34. The van der Waals surface area contributed by atoms with Crippen LogP contribution in [0.1, 0.15) is 25.7 Å². The molecule has 0 unspecified atom stereocenters. The SMILES string of the molecule is Fc1ccc(N2CCCC2)c(N2CCCC2)c1. The summed E-state index contributed by atoms with van der Waals surface area (Å²) in [5, 5.41) is 0. The molecule has 3 rings (SSSR count). The Bertz CT molecular complexity index is 393. The molecule has 2 fully saturated rings. The smallest absolute Gasteiger partial charge is 0.125 e. The van der Waals surface area contributed by atoms with Gasteiger partial charge in [-0.3, -0.25) is 0 Å². The van der Waals surface area contributed by atoms with Crippen LogP contribution in [-0.2, 0) is 0 Å². The van der Waals surface area contributed by atoms with Crippen LogP contribution < -0.4 is 9.80 Å². The second-order valence-corrected chi connectivity index (χ2v) is 5.02. The second-order valence-electron chi connectivity index (χ2n) is 5.02. The quantitative estimate of drug-likeness (QED) is 0.776. The normalized spacial score (nSPS) is 20.3. The number of nitrogens with zero attached hydrogens (tertiary/aromatic N) is 2. The van der Waals surface area contributed by atoms with E-state index < -0.39 is 0 Å². The molecule has 1 aromatic rings. The van der Waals surface area contributed by atoms with Gasteiger partial charge >= 0.3 is 0 Å². The van der Waals surface area contributed by atoms with E-state index in [9.17, 15) is 4.39 Å². The van der Waals surface area contributed by atoms with Crippen LogP contribution in [0.4, 0.5) is 15.8 Å². The van der Waals surface area contributed by atoms with Gasteiger partial charge in [-0.2, -0.15) is 0 Å². The van der Waals surface area contributed by atoms with Gasteiger partial charge < -0.3 is 9.80 Å². The van der Waals surface area contributed by atoms with Crippen molar-refractivity contribution in [2.24, 2.45) is 0 Å². The molecule has 0 radical (unpaired) electrons. The highest BCUT2D eigenvalue weighted by molar-refractivity contribution is 5.72. The Hall–Kier alpha value is -1.25. The van der Waals surface area contributed by atoms with Gasteiger partial charge in [-0.15, -0.1) is 0 Å². The van der Waals surface area contributed by atoms with Crippen molar-refractivity contribution >= 4 is 11.4 Å². The molecule has 0 bridgehead atoms. The molecule has 2 aliphatic heterocycles. The Morgan fingerprint density at radius 2 is 1.29 bits per heavy atom. The molecule has 17 heavy (non-hydrogen) atoms. The van der Waals surface area contributed by atoms with E-state index in [1.165, 1.54) is 31.4 Å². The van der Waals surface area contributed by atoms with Crippen LogP contribution in [-0.4, -0.2) is 26.2 Å². The summed E-state index contributed by atoms with van der Waals surface area (Å²) in [6.45, 7) is 4.38. The lowest BCUT2D eigenvalue weighted by Gasteiger charge is -2.27. The van der Waals surface area contributed by atoms with Crippen molar-refractivity contribution in [3.05, 3.63) is 24.0 Å². The number of anilines is 2. The molecule has 0 saturated carbocycles. The average Bonchev–Trinajstić information content (AvgIpc) is 3.02. The summed E-state index contributed by atoms with van der Waals surface area (Å²) in [4.78, 5) is 4.73. The third-order valence-corrected chi connectivity index (χ3v) is 3.83. The number of halogens is 1. The fourth-order valence-electron chi connectivity index (χ4n) is 2.93. The van der Waals surface area contributed by atoms with Crippen LogP contribution in [0.3, 0.4) is 0 Å². The van der Waals surface area contributed by atoms with E-state index in [1.54, 1.807) is 12.1 Å². The molecule has 1 aromatic carbocycles. The first-order valence-electron chi connectivity index (χ1n) is 6.64. The maximum atomic E-state index is 13.4. The monoisotopic (exact) mass is 234 g/mol. The minimum absolute atomic E-state index is 0.116. The third kappa shape index (κ3) is 2.11. The average molecular weight is 234 g/mol. The molecule has 0 atom stereocenters. The lowest BCUT2D eigenvalue weighted by atomic mass is 10.2. The molecule has 0 N–H and O–H groups in total. The summed E-state index contributed by atoms with van der Waals surface area (Å²) in [6.07, 6.45) is 4.99. The summed E-state index contributed by atoms with van der Waals surface area (Å²) in [7, 11) is 0. The van der Waals surface area contributed by atoms with E-state index in [2.05, 4.69) is 9.80 Å². The lowest BCUT2D eigenvalue weighted by Crippen LogP contribution is -2.24. The van der Waals surface area contributed by atoms with Gasteiger partial charge in [0.2, 0.25) is 0 Å². The first kappa shape index (κ1) is 10.9. The Labute approximate surface area is 102 Å². The third-order valence-electron chi connectivity index (χ3n) is 3.83. The number of rotatable bonds is 2. The van der Waals surface area contributed by atoms with Gasteiger partial charge in [-0.25, -0.2) is 4.39 Å². The maximum absolute atomic E-state index is 13.4. The van der Waals surface area contributed by atoms with Gasteiger partial charge in [-0.1, -0.05) is 0 Å². The van der Waals surface area contributed by atoms with E-state index in [0.717, 1.165) is 31.9 Å². The predicted octanol–water partition coefficient (Wildman–Crippen LogP) is 3.03.